The molecule has 0 saturated heterocycles. The van der Waals surface area contributed by atoms with Crippen LogP contribution in [0.25, 0.3) is 0 Å². The second-order valence-electron chi connectivity index (χ2n) is 6.67. The Hall–Kier alpha value is -1.54. The number of nitrogens with one attached hydrogen (secondary N) is 2. The Kier molecular flexibility index (Phi) is 7.31. The van der Waals surface area contributed by atoms with Crippen molar-refractivity contribution in [1.29, 1.82) is 0 Å². The summed E-state index contributed by atoms with van der Waals surface area (Å²) in [6, 6.07) is 4.07. The van der Waals surface area contributed by atoms with Crippen molar-refractivity contribution >= 4 is 16.0 Å². The molecule has 0 amide bonds. The van der Waals surface area contributed by atoms with E-state index in [1.807, 2.05) is 38.2 Å². The van der Waals surface area contributed by atoms with Crippen LogP contribution in [0.3, 0.4) is 0 Å². The monoisotopic (exact) mass is 369 g/mol. The van der Waals surface area contributed by atoms with E-state index in [4.69, 9.17) is 0 Å². The van der Waals surface area contributed by atoms with E-state index in [1.54, 1.807) is 0 Å². The number of nitrogens with zero attached hydrogens (tertiary/aromatic N) is 3. The minimum absolute atomic E-state index is 0.0204. The lowest BCUT2D eigenvalue weighted by Crippen LogP contribution is -2.39. The molecule has 1 fully saturated rings. The number of rotatable bonds is 9. The van der Waals surface area contributed by atoms with Gasteiger partial charge < -0.3 is 14.8 Å². The Bertz CT molecular complexity index is 664. The maximum absolute atomic E-state index is 12.1. The van der Waals surface area contributed by atoms with Crippen molar-refractivity contribution in [3.63, 3.8) is 0 Å². The van der Waals surface area contributed by atoms with Crippen LogP contribution in [-0.4, -0.2) is 56.3 Å². The van der Waals surface area contributed by atoms with Crippen LogP contribution in [-0.2, 0) is 23.6 Å². The van der Waals surface area contributed by atoms with E-state index in [0.29, 0.717) is 19.0 Å². The first-order chi connectivity index (χ1) is 11.9. The van der Waals surface area contributed by atoms with E-state index in [2.05, 4.69) is 25.7 Å². The molecule has 1 aromatic heterocycles. The molecule has 7 nitrogen and oxygen atoms in total. The molecule has 0 aliphatic heterocycles. The van der Waals surface area contributed by atoms with Gasteiger partial charge in [0, 0.05) is 39.1 Å². The Morgan fingerprint density at radius 3 is 2.76 bits per heavy atom. The Morgan fingerprint density at radius 1 is 1.44 bits per heavy atom. The fourth-order valence-corrected chi connectivity index (χ4v) is 3.70. The number of aryl methyl sites for hydroxylation is 1. The van der Waals surface area contributed by atoms with E-state index >= 15 is 0 Å². The molecule has 142 valence electrons. The highest BCUT2D eigenvalue weighted by Gasteiger charge is 2.20. The van der Waals surface area contributed by atoms with Crippen LogP contribution in [0.5, 0.6) is 0 Å². The SMILES string of the molecule is CCNC(=NCCS(=O)(=O)NCC1CCC1)N(C)Cc1cccn1C. The molecule has 25 heavy (non-hydrogen) atoms. The molecule has 0 unspecified atom stereocenters. The van der Waals surface area contributed by atoms with Gasteiger partial charge in [-0.25, -0.2) is 13.1 Å². The highest BCUT2D eigenvalue weighted by Crippen LogP contribution is 2.25. The smallest absolute Gasteiger partial charge is 0.213 e. The van der Waals surface area contributed by atoms with Gasteiger partial charge in [-0.1, -0.05) is 6.42 Å². The Labute approximate surface area is 151 Å². The van der Waals surface area contributed by atoms with Crippen LogP contribution < -0.4 is 10.0 Å². The van der Waals surface area contributed by atoms with E-state index in [1.165, 1.54) is 12.1 Å². The van der Waals surface area contributed by atoms with Crippen molar-refractivity contribution < 1.29 is 8.42 Å². The van der Waals surface area contributed by atoms with E-state index in [-0.39, 0.29) is 12.3 Å². The first-order valence-corrected chi connectivity index (χ1v) is 10.6. The molecule has 1 heterocycles. The second-order valence-corrected chi connectivity index (χ2v) is 8.59. The van der Waals surface area contributed by atoms with E-state index < -0.39 is 10.0 Å². The third-order valence-electron chi connectivity index (χ3n) is 4.59. The van der Waals surface area contributed by atoms with E-state index in [9.17, 15) is 8.42 Å². The van der Waals surface area contributed by atoms with Crippen LogP contribution in [0.15, 0.2) is 23.3 Å². The molecule has 1 saturated carbocycles. The average Bonchev–Trinajstić information content (AvgIpc) is 2.89. The highest BCUT2D eigenvalue weighted by molar-refractivity contribution is 7.89. The summed E-state index contributed by atoms with van der Waals surface area (Å²) in [4.78, 5) is 6.48. The van der Waals surface area contributed by atoms with Gasteiger partial charge in [0.25, 0.3) is 0 Å². The van der Waals surface area contributed by atoms with Crippen LogP contribution in [0.2, 0.25) is 0 Å². The van der Waals surface area contributed by atoms with Gasteiger partial charge in [0.2, 0.25) is 10.0 Å². The van der Waals surface area contributed by atoms with Crippen molar-refractivity contribution in [3.8, 4) is 0 Å². The quantitative estimate of drug-likeness (QED) is 0.505. The third-order valence-corrected chi connectivity index (χ3v) is 5.91. The van der Waals surface area contributed by atoms with Gasteiger partial charge in [0.05, 0.1) is 18.8 Å². The van der Waals surface area contributed by atoms with Crippen molar-refractivity contribution in [1.82, 2.24) is 19.5 Å². The minimum Gasteiger partial charge on any atom is -0.357 e. The number of hydrogen-bond acceptors (Lipinski definition) is 3. The van der Waals surface area contributed by atoms with Crippen LogP contribution in [0.1, 0.15) is 31.9 Å². The van der Waals surface area contributed by atoms with Crippen LogP contribution in [0.4, 0.5) is 0 Å². The summed E-state index contributed by atoms with van der Waals surface area (Å²) in [5.41, 5.74) is 1.17. The predicted molar refractivity (Wildman–Crippen MR) is 102 cm³/mol. The maximum Gasteiger partial charge on any atom is 0.213 e. The van der Waals surface area contributed by atoms with Crippen molar-refractivity contribution in [2.75, 3.05) is 32.4 Å². The molecule has 1 aliphatic rings. The molecule has 0 atom stereocenters. The molecule has 0 radical (unpaired) electrons. The van der Waals surface area contributed by atoms with Crippen LogP contribution >= 0.6 is 0 Å². The number of sulfonamides is 1. The summed E-state index contributed by atoms with van der Waals surface area (Å²) in [5, 5.41) is 3.22. The first-order valence-electron chi connectivity index (χ1n) is 8.98. The fourth-order valence-electron chi connectivity index (χ4n) is 2.73. The van der Waals surface area contributed by atoms with Gasteiger partial charge in [-0.05, 0) is 37.8 Å². The average molecular weight is 370 g/mol. The maximum atomic E-state index is 12.1. The second kappa shape index (κ2) is 9.24. The molecule has 2 N–H and O–H groups in total. The van der Waals surface area contributed by atoms with Gasteiger partial charge >= 0.3 is 0 Å². The van der Waals surface area contributed by atoms with Gasteiger partial charge in [-0.2, -0.15) is 0 Å². The van der Waals surface area contributed by atoms with Gasteiger partial charge in [-0.3, -0.25) is 4.99 Å². The Morgan fingerprint density at radius 2 is 2.20 bits per heavy atom. The van der Waals surface area contributed by atoms with Crippen molar-refractivity contribution in [2.45, 2.75) is 32.7 Å². The zero-order chi connectivity index (χ0) is 18.3. The number of aromatic nitrogens is 1. The molecule has 0 bridgehead atoms. The topological polar surface area (TPSA) is 78.7 Å². The summed E-state index contributed by atoms with van der Waals surface area (Å²) in [5.74, 6) is 1.26. The highest BCUT2D eigenvalue weighted by atomic mass is 32.2. The summed E-state index contributed by atoms with van der Waals surface area (Å²) in [6.45, 7) is 4.27. The van der Waals surface area contributed by atoms with Crippen molar-refractivity contribution in [2.24, 2.45) is 18.0 Å². The number of aliphatic imine (C=N–C) groups is 1. The summed E-state index contributed by atoms with van der Waals surface area (Å²) < 4.78 is 28.9. The molecular weight excluding hydrogens is 338 g/mol. The fraction of sp³-hybridized carbons (Fsp3) is 0.706. The molecule has 8 heteroatoms. The lowest BCUT2D eigenvalue weighted by Gasteiger charge is -2.25. The minimum atomic E-state index is -3.25. The van der Waals surface area contributed by atoms with Crippen LogP contribution in [0, 0.1) is 5.92 Å². The van der Waals surface area contributed by atoms with E-state index in [0.717, 1.165) is 25.3 Å². The zero-order valence-corrected chi connectivity index (χ0v) is 16.3. The molecule has 0 spiro atoms. The summed E-state index contributed by atoms with van der Waals surface area (Å²) in [6.07, 6.45) is 5.49. The zero-order valence-electron chi connectivity index (χ0n) is 15.5. The largest absolute Gasteiger partial charge is 0.357 e. The first kappa shape index (κ1) is 19.8. The molecule has 1 aliphatic carbocycles. The molecule has 1 aromatic rings. The van der Waals surface area contributed by atoms with Gasteiger partial charge in [0.15, 0.2) is 5.96 Å². The Balaban J connectivity index is 1.86. The summed E-state index contributed by atoms with van der Waals surface area (Å²) >= 11 is 0. The molecular formula is C17H31N5O2S. The number of guanidine groups is 1. The normalized spacial score (nSPS) is 15.9. The molecule has 2 rings (SSSR count). The van der Waals surface area contributed by atoms with Gasteiger partial charge in [-0.15, -0.1) is 0 Å². The molecule has 0 aromatic carbocycles. The lowest BCUT2D eigenvalue weighted by molar-refractivity contribution is 0.316. The predicted octanol–water partition coefficient (Wildman–Crippen LogP) is 1.14. The van der Waals surface area contributed by atoms with Gasteiger partial charge in [0.1, 0.15) is 0 Å². The van der Waals surface area contributed by atoms with Crippen molar-refractivity contribution in [3.05, 3.63) is 24.0 Å². The third kappa shape index (κ3) is 6.36. The standard InChI is InChI=1S/C17H31N5O2S/c1-4-18-17(22(3)14-16-9-6-11-21(16)2)19-10-12-25(23,24)20-13-15-7-5-8-15/h6,9,11,15,20H,4-5,7-8,10,12-14H2,1-3H3,(H,18,19). The lowest BCUT2D eigenvalue weighted by atomic mass is 9.86. The number of hydrogen-bond donors (Lipinski definition) is 2. The summed E-state index contributed by atoms with van der Waals surface area (Å²) in [7, 11) is 0.710.